The van der Waals surface area contributed by atoms with Crippen molar-refractivity contribution in [2.45, 2.75) is 57.4 Å². The summed E-state index contributed by atoms with van der Waals surface area (Å²) in [7, 11) is 0. The predicted octanol–water partition coefficient (Wildman–Crippen LogP) is 5.45. The van der Waals surface area contributed by atoms with Crippen LogP contribution in [0.2, 0.25) is 0 Å². The third kappa shape index (κ3) is 6.18. The summed E-state index contributed by atoms with van der Waals surface area (Å²) in [4.78, 5) is 38.1. The molecule has 2 amide bonds. The van der Waals surface area contributed by atoms with Crippen LogP contribution in [-0.2, 0) is 9.59 Å². The lowest BCUT2D eigenvalue weighted by atomic mass is 9.84. The number of amides is 2. The number of nitrogens with zero attached hydrogens (tertiary/aromatic N) is 4. The van der Waals surface area contributed by atoms with E-state index >= 15 is 0 Å². The Hall–Kier alpha value is -3.26. The number of pyridine rings is 1. The molecule has 7 nitrogen and oxygen atoms in total. The van der Waals surface area contributed by atoms with Gasteiger partial charge in [-0.3, -0.25) is 14.6 Å². The van der Waals surface area contributed by atoms with Crippen molar-refractivity contribution in [3.05, 3.63) is 64.7 Å². The fraction of sp³-hybridized carbons (Fsp3) is 0.448. The van der Waals surface area contributed by atoms with Crippen LogP contribution >= 0.6 is 11.3 Å². The Morgan fingerprint density at radius 1 is 0.973 bits per heavy atom. The second-order valence-electron chi connectivity index (χ2n) is 9.90. The van der Waals surface area contributed by atoms with Crippen LogP contribution in [0.5, 0.6) is 5.75 Å². The average molecular weight is 519 g/mol. The van der Waals surface area contributed by atoms with Crippen LogP contribution < -0.4 is 4.74 Å². The number of aromatic nitrogens is 2. The van der Waals surface area contributed by atoms with Crippen molar-refractivity contribution in [3.63, 3.8) is 0 Å². The zero-order valence-electron chi connectivity index (χ0n) is 21.3. The molecule has 0 bridgehead atoms. The van der Waals surface area contributed by atoms with E-state index in [-0.39, 0.29) is 24.5 Å². The van der Waals surface area contributed by atoms with Crippen molar-refractivity contribution >= 4 is 23.2 Å². The lowest BCUT2D eigenvalue weighted by Crippen LogP contribution is -2.40. The zero-order valence-corrected chi connectivity index (χ0v) is 22.2. The number of benzene rings is 1. The van der Waals surface area contributed by atoms with E-state index in [1.165, 1.54) is 37.7 Å². The molecule has 1 aliphatic heterocycles. The Balaban J connectivity index is 1.28. The van der Waals surface area contributed by atoms with Crippen LogP contribution in [0.15, 0.2) is 54.2 Å². The predicted molar refractivity (Wildman–Crippen MR) is 144 cm³/mol. The molecule has 2 fully saturated rings. The summed E-state index contributed by atoms with van der Waals surface area (Å²) >= 11 is 1.55. The van der Waals surface area contributed by atoms with Gasteiger partial charge in [0.05, 0.1) is 11.7 Å². The van der Waals surface area contributed by atoms with Crippen molar-refractivity contribution in [2.75, 3.05) is 26.2 Å². The molecule has 2 aliphatic rings. The average Bonchev–Trinajstić information content (AvgIpc) is 3.32. The zero-order chi connectivity index (χ0) is 25.6. The van der Waals surface area contributed by atoms with Gasteiger partial charge in [-0.05, 0) is 55.0 Å². The second-order valence-corrected chi connectivity index (χ2v) is 10.8. The molecule has 1 atom stereocenters. The Bertz CT molecular complexity index is 1190. The molecule has 194 valence electrons. The van der Waals surface area contributed by atoms with E-state index in [1.54, 1.807) is 30.7 Å². The van der Waals surface area contributed by atoms with Crippen LogP contribution in [0.25, 0.3) is 11.3 Å². The molecule has 3 aromatic rings. The number of thiazole rings is 1. The quantitative estimate of drug-likeness (QED) is 0.434. The van der Waals surface area contributed by atoms with Gasteiger partial charge in [-0.1, -0.05) is 31.4 Å². The lowest BCUT2D eigenvalue weighted by Gasteiger charge is -2.28. The van der Waals surface area contributed by atoms with Gasteiger partial charge >= 0.3 is 0 Å². The minimum Gasteiger partial charge on any atom is -0.484 e. The molecule has 3 heterocycles. The Labute approximate surface area is 222 Å². The number of hydrogen-bond donors (Lipinski definition) is 0. The topological polar surface area (TPSA) is 75.6 Å². The first-order chi connectivity index (χ1) is 18.1. The van der Waals surface area contributed by atoms with Crippen molar-refractivity contribution in [1.82, 2.24) is 19.8 Å². The molecule has 5 rings (SSSR count). The highest BCUT2D eigenvalue weighted by Crippen LogP contribution is 2.34. The molecule has 1 aliphatic carbocycles. The largest absolute Gasteiger partial charge is 0.484 e. The lowest BCUT2D eigenvalue weighted by molar-refractivity contribution is -0.136. The molecule has 1 saturated heterocycles. The molecule has 1 aromatic carbocycles. The van der Waals surface area contributed by atoms with Gasteiger partial charge in [0.25, 0.3) is 5.91 Å². The second kappa shape index (κ2) is 11.9. The van der Waals surface area contributed by atoms with Crippen molar-refractivity contribution in [1.29, 1.82) is 0 Å². The first-order valence-corrected chi connectivity index (χ1v) is 14.1. The standard InChI is InChI=1S/C29H34N4O3S/c1-21(34)32-16-13-27(29-31-26(20-37-29)24-11-14-30-15-12-24)33(18-17-32)28(35)19-36-25-9-7-23(8-10-25)22-5-3-2-4-6-22/h7-12,14-15,20,22,27H,2-6,13,16-19H2,1H3. The molecular weight excluding hydrogens is 484 g/mol. The molecule has 0 N–H and O–H groups in total. The first-order valence-electron chi connectivity index (χ1n) is 13.2. The highest BCUT2D eigenvalue weighted by atomic mass is 32.1. The Kier molecular flexibility index (Phi) is 8.14. The van der Waals surface area contributed by atoms with E-state index < -0.39 is 0 Å². The SMILES string of the molecule is CC(=O)N1CCC(c2nc(-c3ccncc3)cs2)N(C(=O)COc2ccc(C3CCCCC3)cc2)CC1. The van der Waals surface area contributed by atoms with Crippen LogP contribution in [-0.4, -0.2) is 57.8 Å². The first kappa shape index (κ1) is 25.4. The summed E-state index contributed by atoms with van der Waals surface area (Å²) < 4.78 is 5.94. The summed E-state index contributed by atoms with van der Waals surface area (Å²) in [5.41, 5.74) is 3.23. The van der Waals surface area contributed by atoms with Crippen molar-refractivity contribution in [2.24, 2.45) is 0 Å². The maximum atomic E-state index is 13.4. The third-order valence-electron chi connectivity index (χ3n) is 7.53. The summed E-state index contributed by atoms with van der Waals surface area (Å²) in [5, 5.41) is 2.90. The van der Waals surface area contributed by atoms with Gasteiger partial charge in [0.2, 0.25) is 5.91 Å². The number of rotatable bonds is 6. The maximum Gasteiger partial charge on any atom is 0.261 e. The molecule has 1 unspecified atom stereocenters. The fourth-order valence-electron chi connectivity index (χ4n) is 5.40. The van der Waals surface area contributed by atoms with Gasteiger partial charge < -0.3 is 14.5 Å². The molecular formula is C29H34N4O3S. The van der Waals surface area contributed by atoms with E-state index in [1.807, 2.05) is 39.4 Å². The van der Waals surface area contributed by atoms with E-state index in [2.05, 4.69) is 17.1 Å². The number of carbonyl (C=O) groups is 2. The molecule has 37 heavy (non-hydrogen) atoms. The Morgan fingerprint density at radius 3 is 2.46 bits per heavy atom. The summed E-state index contributed by atoms with van der Waals surface area (Å²) in [6.07, 6.45) is 10.6. The van der Waals surface area contributed by atoms with Gasteiger partial charge in [0.15, 0.2) is 6.61 Å². The van der Waals surface area contributed by atoms with E-state index in [9.17, 15) is 9.59 Å². The Morgan fingerprint density at radius 2 is 1.73 bits per heavy atom. The van der Waals surface area contributed by atoms with Crippen LogP contribution in [0.1, 0.15) is 68.0 Å². The van der Waals surface area contributed by atoms with Crippen LogP contribution in [0.4, 0.5) is 0 Å². The smallest absolute Gasteiger partial charge is 0.261 e. The number of ether oxygens (including phenoxy) is 1. The van der Waals surface area contributed by atoms with E-state index in [0.29, 0.717) is 37.7 Å². The minimum absolute atomic E-state index is 0.0268. The third-order valence-corrected chi connectivity index (χ3v) is 8.47. The fourth-order valence-corrected chi connectivity index (χ4v) is 6.37. The van der Waals surface area contributed by atoms with Gasteiger partial charge in [0.1, 0.15) is 10.8 Å². The van der Waals surface area contributed by atoms with Crippen LogP contribution in [0, 0.1) is 0 Å². The van der Waals surface area contributed by atoms with Gasteiger partial charge in [-0.25, -0.2) is 4.98 Å². The maximum absolute atomic E-state index is 13.4. The monoisotopic (exact) mass is 518 g/mol. The molecule has 0 spiro atoms. The molecule has 8 heteroatoms. The highest BCUT2D eigenvalue weighted by Gasteiger charge is 2.32. The normalized spacial score (nSPS) is 18.9. The van der Waals surface area contributed by atoms with Crippen LogP contribution in [0.3, 0.4) is 0 Å². The molecule has 1 saturated carbocycles. The summed E-state index contributed by atoms with van der Waals surface area (Å²) in [5.74, 6) is 1.28. The highest BCUT2D eigenvalue weighted by molar-refractivity contribution is 7.10. The van der Waals surface area contributed by atoms with Gasteiger partial charge in [0, 0.05) is 49.9 Å². The van der Waals surface area contributed by atoms with Gasteiger partial charge in [-0.2, -0.15) is 0 Å². The molecule has 2 aromatic heterocycles. The van der Waals surface area contributed by atoms with E-state index in [0.717, 1.165) is 16.3 Å². The van der Waals surface area contributed by atoms with E-state index in [4.69, 9.17) is 9.72 Å². The van der Waals surface area contributed by atoms with Crippen molar-refractivity contribution < 1.29 is 14.3 Å². The number of hydrogen-bond acceptors (Lipinski definition) is 6. The summed E-state index contributed by atoms with van der Waals surface area (Å²) in [6.45, 7) is 3.10. The minimum atomic E-state index is -0.199. The van der Waals surface area contributed by atoms with Gasteiger partial charge in [-0.15, -0.1) is 11.3 Å². The summed E-state index contributed by atoms with van der Waals surface area (Å²) in [6, 6.07) is 11.9. The van der Waals surface area contributed by atoms with Crippen molar-refractivity contribution in [3.8, 4) is 17.0 Å². The molecule has 0 radical (unpaired) electrons. The number of carbonyl (C=O) groups excluding carboxylic acids is 2.